The highest BCUT2D eigenvalue weighted by Gasteiger charge is 2.17. The number of nitrogens with one attached hydrogen (secondary N) is 1. The predicted octanol–water partition coefficient (Wildman–Crippen LogP) is 4.59. The van der Waals surface area contributed by atoms with E-state index in [4.69, 9.17) is 0 Å². The van der Waals surface area contributed by atoms with Gasteiger partial charge in [-0.15, -0.1) is 11.3 Å². The third-order valence-electron chi connectivity index (χ3n) is 4.11. The first-order valence-electron chi connectivity index (χ1n) is 7.76. The van der Waals surface area contributed by atoms with Gasteiger partial charge in [-0.3, -0.25) is 4.99 Å². The number of amides is 2. The van der Waals surface area contributed by atoms with E-state index in [2.05, 4.69) is 46.7 Å². The minimum Gasteiger partial charge on any atom is -0.331 e. The van der Waals surface area contributed by atoms with E-state index in [0.29, 0.717) is 6.54 Å². The number of aliphatic imine (C=N–C) groups is 1. The Morgan fingerprint density at radius 1 is 1.21 bits per heavy atom. The minimum atomic E-state index is -0.132. The Hall–Kier alpha value is -2.66. The molecular weight excluding hydrogens is 318 g/mol. The number of rotatable bonds is 2. The van der Waals surface area contributed by atoms with Crippen molar-refractivity contribution in [1.82, 2.24) is 4.90 Å². The van der Waals surface area contributed by atoms with Crippen molar-refractivity contribution in [1.29, 1.82) is 0 Å². The van der Waals surface area contributed by atoms with Gasteiger partial charge < -0.3 is 10.2 Å². The second-order valence-electron chi connectivity index (χ2n) is 6.03. The van der Waals surface area contributed by atoms with E-state index in [0.717, 1.165) is 16.8 Å². The summed E-state index contributed by atoms with van der Waals surface area (Å²) >= 11 is 1.77. The first-order valence-corrected chi connectivity index (χ1v) is 8.57. The zero-order valence-electron chi connectivity index (χ0n) is 13.5. The molecule has 0 unspecified atom stereocenters. The van der Waals surface area contributed by atoms with Crippen LogP contribution in [-0.4, -0.2) is 31.2 Å². The maximum Gasteiger partial charge on any atom is 0.321 e. The van der Waals surface area contributed by atoms with Crippen molar-refractivity contribution < 1.29 is 4.79 Å². The van der Waals surface area contributed by atoms with Crippen LogP contribution in [0.3, 0.4) is 0 Å². The van der Waals surface area contributed by atoms with E-state index in [1.807, 2.05) is 12.3 Å². The Balaban J connectivity index is 1.82. The molecule has 4 nitrogen and oxygen atoms in total. The summed E-state index contributed by atoms with van der Waals surface area (Å²) in [7, 11) is 3.47. The molecule has 0 saturated carbocycles. The van der Waals surface area contributed by atoms with Crippen molar-refractivity contribution in [3.8, 4) is 10.4 Å². The SMILES string of the molecule is CN(C)C(=O)Nc1cc2c(c(-c3cc4ccccc4s3)c1)CN=C2. The maximum atomic E-state index is 12.0. The summed E-state index contributed by atoms with van der Waals surface area (Å²) in [6, 6.07) is 14.5. The number of carbonyl (C=O) groups is 1. The van der Waals surface area contributed by atoms with Crippen LogP contribution in [0, 0.1) is 0 Å². The van der Waals surface area contributed by atoms with Gasteiger partial charge >= 0.3 is 6.03 Å². The normalized spacial score (nSPS) is 12.4. The number of carbonyl (C=O) groups excluding carboxylic acids is 1. The van der Waals surface area contributed by atoms with E-state index >= 15 is 0 Å². The predicted molar refractivity (Wildman–Crippen MR) is 101 cm³/mol. The highest BCUT2D eigenvalue weighted by atomic mass is 32.1. The molecule has 0 fully saturated rings. The van der Waals surface area contributed by atoms with Crippen molar-refractivity contribution >= 4 is 39.4 Å². The molecule has 1 N–H and O–H groups in total. The molecule has 1 aliphatic rings. The van der Waals surface area contributed by atoms with Gasteiger partial charge in [0.2, 0.25) is 0 Å². The molecule has 2 heterocycles. The first kappa shape index (κ1) is 14.9. The lowest BCUT2D eigenvalue weighted by molar-refractivity contribution is 0.230. The summed E-state index contributed by atoms with van der Waals surface area (Å²) in [6.07, 6.45) is 1.89. The third-order valence-corrected chi connectivity index (χ3v) is 5.26. The molecule has 2 amide bonds. The fraction of sp³-hybridized carbons (Fsp3) is 0.158. The highest BCUT2D eigenvalue weighted by molar-refractivity contribution is 7.22. The van der Waals surface area contributed by atoms with Gasteiger partial charge in [0.1, 0.15) is 0 Å². The Labute approximate surface area is 144 Å². The molecule has 1 aliphatic heterocycles. The molecular formula is C19H17N3OS. The van der Waals surface area contributed by atoms with E-state index in [9.17, 15) is 4.79 Å². The Bertz CT molecular complexity index is 939. The zero-order valence-corrected chi connectivity index (χ0v) is 14.4. The van der Waals surface area contributed by atoms with Crippen molar-refractivity contribution in [2.24, 2.45) is 4.99 Å². The smallest absolute Gasteiger partial charge is 0.321 e. The quantitative estimate of drug-likeness (QED) is 0.731. The van der Waals surface area contributed by atoms with Gasteiger partial charge in [0.25, 0.3) is 0 Å². The molecule has 0 bridgehead atoms. The molecule has 5 heteroatoms. The summed E-state index contributed by atoms with van der Waals surface area (Å²) in [5.74, 6) is 0. The molecule has 1 aromatic heterocycles. The molecule has 0 aliphatic carbocycles. The van der Waals surface area contributed by atoms with Gasteiger partial charge in [-0.05, 0) is 40.8 Å². The monoisotopic (exact) mass is 335 g/mol. The first-order chi connectivity index (χ1) is 11.6. The Morgan fingerprint density at radius 2 is 2.04 bits per heavy atom. The number of benzene rings is 2. The van der Waals surface area contributed by atoms with Crippen LogP contribution >= 0.6 is 11.3 Å². The second-order valence-corrected chi connectivity index (χ2v) is 7.12. The van der Waals surface area contributed by atoms with Crippen molar-refractivity contribution in [3.63, 3.8) is 0 Å². The van der Waals surface area contributed by atoms with Crippen LogP contribution in [0.4, 0.5) is 10.5 Å². The minimum absolute atomic E-state index is 0.132. The van der Waals surface area contributed by atoms with Gasteiger partial charge in [-0.1, -0.05) is 18.2 Å². The van der Waals surface area contributed by atoms with Gasteiger partial charge in [0.05, 0.1) is 6.54 Å². The average molecular weight is 335 g/mol. The van der Waals surface area contributed by atoms with Crippen LogP contribution in [0.25, 0.3) is 20.5 Å². The molecule has 0 atom stereocenters. The Kier molecular flexibility index (Phi) is 3.58. The van der Waals surface area contributed by atoms with E-state index in [1.54, 1.807) is 25.4 Å². The summed E-state index contributed by atoms with van der Waals surface area (Å²) in [5, 5.41) is 4.19. The largest absolute Gasteiger partial charge is 0.331 e. The summed E-state index contributed by atoms with van der Waals surface area (Å²) < 4.78 is 1.27. The third kappa shape index (κ3) is 2.57. The van der Waals surface area contributed by atoms with Crippen molar-refractivity contribution in [3.05, 3.63) is 53.6 Å². The van der Waals surface area contributed by atoms with E-state index in [-0.39, 0.29) is 6.03 Å². The van der Waals surface area contributed by atoms with Crippen LogP contribution in [-0.2, 0) is 6.54 Å². The van der Waals surface area contributed by atoms with Crippen LogP contribution in [0.15, 0.2) is 47.5 Å². The standard InChI is InChI=1S/C19H17N3OS/c1-22(2)19(23)21-14-7-13-10-20-11-16(13)15(9-14)18-8-12-5-3-4-6-17(12)24-18/h3-10H,11H2,1-2H3,(H,21,23). The number of nitrogens with zero attached hydrogens (tertiary/aromatic N) is 2. The summed E-state index contributed by atoms with van der Waals surface area (Å²) in [5.41, 5.74) is 4.26. The lowest BCUT2D eigenvalue weighted by atomic mass is 10.0. The number of anilines is 1. The summed E-state index contributed by atoms with van der Waals surface area (Å²) in [4.78, 5) is 19.1. The topological polar surface area (TPSA) is 44.7 Å². The van der Waals surface area contributed by atoms with E-state index in [1.165, 1.54) is 25.4 Å². The highest BCUT2D eigenvalue weighted by Crippen LogP contribution is 2.39. The van der Waals surface area contributed by atoms with Gasteiger partial charge in [-0.25, -0.2) is 4.79 Å². The van der Waals surface area contributed by atoms with Gasteiger partial charge in [0.15, 0.2) is 0 Å². The second kappa shape index (κ2) is 5.76. The van der Waals surface area contributed by atoms with Crippen LogP contribution in [0.1, 0.15) is 11.1 Å². The van der Waals surface area contributed by atoms with Crippen LogP contribution in [0.2, 0.25) is 0 Å². The Morgan fingerprint density at radius 3 is 2.83 bits per heavy atom. The molecule has 120 valence electrons. The molecule has 2 aromatic carbocycles. The van der Waals surface area contributed by atoms with Gasteiger partial charge in [-0.2, -0.15) is 0 Å². The number of hydrogen-bond acceptors (Lipinski definition) is 3. The lowest BCUT2D eigenvalue weighted by Crippen LogP contribution is -2.27. The molecule has 4 rings (SSSR count). The molecule has 0 radical (unpaired) electrons. The number of urea groups is 1. The zero-order chi connectivity index (χ0) is 16.7. The molecule has 0 saturated heterocycles. The van der Waals surface area contributed by atoms with Crippen LogP contribution < -0.4 is 5.32 Å². The number of fused-ring (bicyclic) bond motifs is 2. The van der Waals surface area contributed by atoms with E-state index < -0.39 is 0 Å². The fourth-order valence-corrected chi connectivity index (χ4v) is 3.97. The number of hydrogen-bond donors (Lipinski definition) is 1. The molecule has 24 heavy (non-hydrogen) atoms. The average Bonchev–Trinajstić information content (AvgIpc) is 3.20. The van der Waals surface area contributed by atoms with Gasteiger partial charge in [0, 0.05) is 41.1 Å². The van der Waals surface area contributed by atoms with Crippen molar-refractivity contribution in [2.45, 2.75) is 6.54 Å². The molecule has 3 aromatic rings. The summed E-state index contributed by atoms with van der Waals surface area (Å²) in [6.45, 7) is 0.695. The van der Waals surface area contributed by atoms with Crippen LogP contribution in [0.5, 0.6) is 0 Å². The number of thiophene rings is 1. The molecule has 0 spiro atoms. The lowest BCUT2D eigenvalue weighted by Gasteiger charge is -2.14. The fourth-order valence-electron chi connectivity index (χ4n) is 2.86. The maximum absolute atomic E-state index is 12.0. The van der Waals surface area contributed by atoms with Crippen molar-refractivity contribution in [2.75, 3.05) is 19.4 Å².